The van der Waals surface area contributed by atoms with Crippen LogP contribution in [0.25, 0.3) is 0 Å². The molecule has 5 nitrogen and oxygen atoms in total. The molecule has 0 atom stereocenters. The van der Waals surface area contributed by atoms with Gasteiger partial charge in [0.25, 0.3) is 0 Å². The van der Waals surface area contributed by atoms with Crippen LogP contribution >= 0.6 is 0 Å². The molecule has 0 aliphatic carbocycles. The molecule has 0 fully saturated rings. The Morgan fingerprint density at radius 2 is 1.95 bits per heavy atom. The maximum Gasteiger partial charge on any atom is 0.306 e. The van der Waals surface area contributed by atoms with E-state index in [-0.39, 0.29) is 24.7 Å². The first kappa shape index (κ1) is 15.2. The first-order chi connectivity index (χ1) is 9.17. The van der Waals surface area contributed by atoms with Crippen molar-refractivity contribution in [3.8, 4) is 0 Å². The molecule has 0 radical (unpaired) electrons. The van der Waals surface area contributed by atoms with Gasteiger partial charge in [-0.3, -0.25) is 9.59 Å². The zero-order valence-corrected chi connectivity index (χ0v) is 11.4. The number of esters is 1. The topological polar surface area (TPSA) is 67.4 Å². The fourth-order valence-corrected chi connectivity index (χ4v) is 1.65. The van der Waals surface area contributed by atoms with Crippen molar-refractivity contribution in [2.24, 2.45) is 0 Å². The van der Waals surface area contributed by atoms with E-state index in [1.54, 1.807) is 6.92 Å². The molecule has 0 heterocycles. The number of carbonyl (C=O) groups excluding carboxylic acids is 2. The normalized spacial score (nSPS) is 10.0. The van der Waals surface area contributed by atoms with Gasteiger partial charge in [0, 0.05) is 18.7 Å². The number of hydrogen-bond donors (Lipinski definition) is 2. The van der Waals surface area contributed by atoms with Gasteiger partial charge in [0.05, 0.1) is 13.0 Å². The lowest BCUT2D eigenvalue weighted by Gasteiger charge is -2.10. The standard InChI is InChI=1S/C14H20N2O3/c1-3-19-14(18)9-8-13(17)16-12-7-5-4-6-11(12)10-15-2/h4-7,15H,3,8-10H2,1-2H3,(H,16,17). The van der Waals surface area contributed by atoms with Crippen LogP contribution in [-0.2, 0) is 20.9 Å². The number of anilines is 1. The molecule has 5 heteroatoms. The summed E-state index contributed by atoms with van der Waals surface area (Å²) in [5, 5.41) is 5.85. The summed E-state index contributed by atoms with van der Waals surface area (Å²) >= 11 is 0. The highest BCUT2D eigenvalue weighted by molar-refractivity contribution is 5.93. The lowest BCUT2D eigenvalue weighted by molar-refractivity contribution is -0.144. The predicted octanol–water partition coefficient (Wildman–Crippen LogP) is 1.69. The molecular formula is C14H20N2O3. The van der Waals surface area contributed by atoms with Crippen LogP contribution in [0.4, 0.5) is 5.69 Å². The fraction of sp³-hybridized carbons (Fsp3) is 0.429. The molecule has 0 aromatic heterocycles. The minimum Gasteiger partial charge on any atom is -0.466 e. The number of ether oxygens (including phenoxy) is 1. The molecule has 0 aliphatic heterocycles. The Balaban J connectivity index is 2.50. The van der Waals surface area contributed by atoms with Crippen LogP contribution in [0.1, 0.15) is 25.3 Å². The van der Waals surface area contributed by atoms with E-state index in [0.717, 1.165) is 11.3 Å². The van der Waals surface area contributed by atoms with Gasteiger partial charge >= 0.3 is 5.97 Å². The Morgan fingerprint density at radius 1 is 1.21 bits per heavy atom. The second-order valence-electron chi connectivity index (χ2n) is 4.04. The van der Waals surface area contributed by atoms with Crippen LogP contribution in [0.15, 0.2) is 24.3 Å². The molecular weight excluding hydrogens is 244 g/mol. The highest BCUT2D eigenvalue weighted by atomic mass is 16.5. The van der Waals surface area contributed by atoms with Gasteiger partial charge in [-0.15, -0.1) is 0 Å². The van der Waals surface area contributed by atoms with Gasteiger partial charge < -0.3 is 15.4 Å². The molecule has 1 amide bonds. The predicted molar refractivity (Wildman–Crippen MR) is 73.7 cm³/mol. The van der Waals surface area contributed by atoms with Crippen molar-refractivity contribution in [2.75, 3.05) is 19.0 Å². The van der Waals surface area contributed by atoms with E-state index < -0.39 is 0 Å². The average Bonchev–Trinajstić information content (AvgIpc) is 2.39. The molecule has 0 saturated carbocycles. The first-order valence-corrected chi connectivity index (χ1v) is 6.35. The monoisotopic (exact) mass is 264 g/mol. The van der Waals surface area contributed by atoms with E-state index >= 15 is 0 Å². The van der Waals surface area contributed by atoms with E-state index in [1.807, 2.05) is 31.3 Å². The first-order valence-electron chi connectivity index (χ1n) is 6.35. The van der Waals surface area contributed by atoms with Gasteiger partial charge in [-0.25, -0.2) is 0 Å². The van der Waals surface area contributed by atoms with Crippen molar-refractivity contribution in [1.29, 1.82) is 0 Å². The van der Waals surface area contributed by atoms with Crippen molar-refractivity contribution in [2.45, 2.75) is 26.3 Å². The largest absolute Gasteiger partial charge is 0.466 e. The van der Waals surface area contributed by atoms with Gasteiger partial charge in [-0.1, -0.05) is 18.2 Å². The Labute approximate surface area is 113 Å². The van der Waals surface area contributed by atoms with Crippen molar-refractivity contribution in [3.05, 3.63) is 29.8 Å². The lowest BCUT2D eigenvalue weighted by atomic mass is 10.1. The summed E-state index contributed by atoms with van der Waals surface area (Å²) in [6, 6.07) is 7.56. The quantitative estimate of drug-likeness (QED) is 0.735. The molecule has 0 bridgehead atoms. The maximum atomic E-state index is 11.7. The summed E-state index contributed by atoms with van der Waals surface area (Å²) in [7, 11) is 1.85. The molecule has 19 heavy (non-hydrogen) atoms. The summed E-state index contributed by atoms with van der Waals surface area (Å²) < 4.78 is 4.78. The van der Waals surface area contributed by atoms with Crippen LogP contribution in [0.5, 0.6) is 0 Å². The minimum absolute atomic E-state index is 0.105. The van der Waals surface area contributed by atoms with Crippen LogP contribution in [0.3, 0.4) is 0 Å². The minimum atomic E-state index is -0.346. The zero-order chi connectivity index (χ0) is 14.1. The van der Waals surface area contributed by atoms with E-state index in [2.05, 4.69) is 10.6 Å². The maximum absolute atomic E-state index is 11.7. The third-order valence-electron chi connectivity index (χ3n) is 2.52. The Hall–Kier alpha value is -1.88. The third-order valence-corrected chi connectivity index (χ3v) is 2.52. The van der Waals surface area contributed by atoms with Crippen LogP contribution < -0.4 is 10.6 Å². The molecule has 0 saturated heterocycles. The van der Waals surface area contributed by atoms with Crippen LogP contribution in [0, 0.1) is 0 Å². The molecule has 104 valence electrons. The summed E-state index contributed by atoms with van der Waals surface area (Å²) in [4.78, 5) is 22.9. The SMILES string of the molecule is CCOC(=O)CCC(=O)Nc1ccccc1CNC. The number of nitrogens with one attached hydrogen (secondary N) is 2. The molecule has 1 aromatic carbocycles. The van der Waals surface area contributed by atoms with Crippen molar-refractivity contribution < 1.29 is 14.3 Å². The molecule has 0 spiro atoms. The Morgan fingerprint density at radius 3 is 2.63 bits per heavy atom. The summed E-state index contributed by atoms with van der Waals surface area (Å²) in [6.45, 7) is 2.76. The second-order valence-corrected chi connectivity index (χ2v) is 4.04. The molecule has 2 N–H and O–H groups in total. The lowest BCUT2D eigenvalue weighted by Crippen LogP contribution is -2.16. The number of carbonyl (C=O) groups is 2. The molecule has 1 rings (SSSR count). The van der Waals surface area contributed by atoms with Gasteiger partial charge in [0.15, 0.2) is 0 Å². The van der Waals surface area contributed by atoms with E-state index in [9.17, 15) is 9.59 Å². The smallest absolute Gasteiger partial charge is 0.306 e. The number of para-hydroxylation sites is 1. The summed E-state index contributed by atoms with van der Waals surface area (Å²) in [5.41, 5.74) is 1.78. The number of hydrogen-bond acceptors (Lipinski definition) is 4. The highest BCUT2D eigenvalue weighted by Crippen LogP contribution is 2.15. The molecule has 0 aliphatic rings. The van der Waals surface area contributed by atoms with Gasteiger partial charge in [-0.2, -0.15) is 0 Å². The van der Waals surface area contributed by atoms with Gasteiger partial charge in [0.1, 0.15) is 0 Å². The molecule has 0 unspecified atom stereocenters. The summed E-state index contributed by atoms with van der Waals surface area (Å²) in [5.74, 6) is -0.530. The summed E-state index contributed by atoms with van der Waals surface area (Å²) in [6.07, 6.45) is 0.237. The highest BCUT2D eigenvalue weighted by Gasteiger charge is 2.09. The number of benzene rings is 1. The molecule has 1 aromatic rings. The van der Waals surface area contributed by atoms with Gasteiger partial charge in [0.2, 0.25) is 5.91 Å². The van der Waals surface area contributed by atoms with Crippen LogP contribution in [-0.4, -0.2) is 25.5 Å². The number of amides is 1. The van der Waals surface area contributed by atoms with E-state index in [1.165, 1.54) is 0 Å². The van der Waals surface area contributed by atoms with E-state index in [0.29, 0.717) is 13.2 Å². The Kier molecular flexibility index (Phi) is 6.60. The van der Waals surface area contributed by atoms with Gasteiger partial charge in [-0.05, 0) is 25.6 Å². The Bertz CT molecular complexity index is 432. The van der Waals surface area contributed by atoms with Crippen molar-refractivity contribution in [3.63, 3.8) is 0 Å². The average molecular weight is 264 g/mol. The van der Waals surface area contributed by atoms with Crippen molar-refractivity contribution >= 4 is 17.6 Å². The fourth-order valence-electron chi connectivity index (χ4n) is 1.65. The van der Waals surface area contributed by atoms with Crippen molar-refractivity contribution in [1.82, 2.24) is 5.32 Å². The third kappa shape index (κ3) is 5.52. The number of rotatable bonds is 7. The zero-order valence-electron chi connectivity index (χ0n) is 11.4. The second kappa shape index (κ2) is 8.26. The van der Waals surface area contributed by atoms with E-state index in [4.69, 9.17) is 4.74 Å². The van der Waals surface area contributed by atoms with Crippen LogP contribution in [0.2, 0.25) is 0 Å².